The summed E-state index contributed by atoms with van der Waals surface area (Å²) in [6.45, 7) is 1.92. The van der Waals surface area contributed by atoms with Gasteiger partial charge in [-0.15, -0.1) is 0 Å². The van der Waals surface area contributed by atoms with Gasteiger partial charge in [-0.2, -0.15) is 0 Å². The Labute approximate surface area is 76.4 Å². The fraction of sp³-hybridized carbons (Fsp3) is 0.500. The van der Waals surface area contributed by atoms with Gasteiger partial charge in [0.05, 0.1) is 6.61 Å². The number of nitrogens with one attached hydrogen (secondary N) is 1. The Hall–Kier alpha value is -1.36. The van der Waals surface area contributed by atoms with Crippen LogP contribution in [-0.2, 0) is 14.3 Å². The molecule has 5 heteroatoms. The average Bonchev–Trinajstić information content (AvgIpc) is 2.03. The molecular weight excluding hydrogens is 174 g/mol. The zero-order valence-electron chi connectivity index (χ0n) is 7.45. The van der Waals surface area contributed by atoms with Crippen LogP contribution < -0.4 is 5.32 Å². The normalized spacial score (nSPS) is 10.2. The summed E-state index contributed by atoms with van der Waals surface area (Å²) in [4.78, 5) is 20.7. The third-order valence-electron chi connectivity index (χ3n) is 1.09. The summed E-state index contributed by atoms with van der Waals surface area (Å²) in [7, 11) is 0. The van der Waals surface area contributed by atoms with Crippen molar-refractivity contribution in [1.29, 1.82) is 0 Å². The third kappa shape index (κ3) is 8.55. The fourth-order valence-electron chi connectivity index (χ4n) is 0.616. The number of amides is 1. The summed E-state index contributed by atoms with van der Waals surface area (Å²) < 4.78 is 4.69. The van der Waals surface area contributed by atoms with Crippen LogP contribution >= 0.6 is 0 Å². The smallest absolute Gasteiger partial charge is 0.329 e. The number of aliphatic carboxylic acids is 1. The molecule has 13 heavy (non-hydrogen) atoms. The first-order valence-electron chi connectivity index (χ1n) is 3.87. The van der Waals surface area contributed by atoms with Crippen LogP contribution in [0.2, 0.25) is 0 Å². The molecule has 2 N–H and O–H groups in total. The Morgan fingerprint density at radius 3 is 2.77 bits per heavy atom. The van der Waals surface area contributed by atoms with Gasteiger partial charge in [-0.1, -0.05) is 6.08 Å². The van der Waals surface area contributed by atoms with Gasteiger partial charge in [0.1, 0.15) is 6.61 Å². The summed E-state index contributed by atoms with van der Waals surface area (Å²) in [5.41, 5.74) is 0. The number of carbonyl (C=O) groups excluding carboxylic acids is 1. The SMILES string of the molecule is CC=CC(=O)NCCOCC(=O)O. The van der Waals surface area contributed by atoms with Crippen molar-refractivity contribution >= 4 is 11.9 Å². The van der Waals surface area contributed by atoms with E-state index in [1.807, 2.05) is 0 Å². The highest BCUT2D eigenvalue weighted by molar-refractivity contribution is 5.87. The van der Waals surface area contributed by atoms with E-state index in [2.05, 4.69) is 10.1 Å². The van der Waals surface area contributed by atoms with Crippen LogP contribution in [0.25, 0.3) is 0 Å². The van der Waals surface area contributed by atoms with Crippen LogP contribution in [-0.4, -0.2) is 36.7 Å². The van der Waals surface area contributed by atoms with E-state index in [1.165, 1.54) is 6.08 Å². The van der Waals surface area contributed by atoms with E-state index in [0.717, 1.165) is 0 Å². The molecule has 0 radical (unpaired) electrons. The van der Waals surface area contributed by atoms with E-state index in [1.54, 1.807) is 13.0 Å². The number of hydrogen-bond acceptors (Lipinski definition) is 3. The van der Waals surface area contributed by atoms with Gasteiger partial charge in [0, 0.05) is 6.54 Å². The molecule has 0 atom stereocenters. The van der Waals surface area contributed by atoms with E-state index in [4.69, 9.17) is 5.11 Å². The van der Waals surface area contributed by atoms with Crippen LogP contribution in [0, 0.1) is 0 Å². The first-order chi connectivity index (χ1) is 6.16. The molecule has 0 spiro atoms. The van der Waals surface area contributed by atoms with Crippen molar-refractivity contribution in [3.63, 3.8) is 0 Å². The van der Waals surface area contributed by atoms with E-state index >= 15 is 0 Å². The Kier molecular flexibility index (Phi) is 6.53. The van der Waals surface area contributed by atoms with Gasteiger partial charge in [-0.3, -0.25) is 4.79 Å². The Bertz CT molecular complexity index is 200. The fourth-order valence-corrected chi connectivity index (χ4v) is 0.616. The number of ether oxygens (including phenoxy) is 1. The van der Waals surface area contributed by atoms with Crippen LogP contribution in [0.1, 0.15) is 6.92 Å². The number of rotatable bonds is 6. The molecule has 0 aliphatic carbocycles. The maximum absolute atomic E-state index is 10.8. The van der Waals surface area contributed by atoms with Crippen molar-refractivity contribution in [2.24, 2.45) is 0 Å². The van der Waals surface area contributed by atoms with Crippen molar-refractivity contribution in [1.82, 2.24) is 5.32 Å². The molecule has 0 aliphatic heterocycles. The van der Waals surface area contributed by atoms with Crippen LogP contribution in [0.5, 0.6) is 0 Å². The maximum Gasteiger partial charge on any atom is 0.329 e. The lowest BCUT2D eigenvalue weighted by atomic mass is 10.5. The highest BCUT2D eigenvalue weighted by Crippen LogP contribution is 1.75. The largest absolute Gasteiger partial charge is 0.480 e. The Morgan fingerprint density at radius 1 is 1.54 bits per heavy atom. The molecule has 0 rings (SSSR count). The van der Waals surface area contributed by atoms with Gasteiger partial charge in [-0.05, 0) is 13.0 Å². The molecular formula is C8H13NO4. The lowest BCUT2D eigenvalue weighted by Crippen LogP contribution is -2.26. The second-order valence-corrected chi connectivity index (χ2v) is 2.24. The van der Waals surface area contributed by atoms with Crippen LogP contribution in [0.3, 0.4) is 0 Å². The van der Waals surface area contributed by atoms with E-state index in [0.29, 0.717) is 6.54 Å². The number of hydrogen-bond donors (Lipinski definition) is 2. The van der Waals surface area contributed by atoms with Crippen molar-refractivity contribution in [2.45, 2.75) is 6.92 Å². The molecule has 1 amide bonds. The second-order valence-electron chi connectivity index (χ2n) is 2.24. The Balaban J connectivity index is 3.25. The molecule has 0 aromatic rings. The Morgan fingerprint density at radius 2 is 2.23 bits per heavy atom. The molecule has 74 valence electrons. The maximum atomic E-state index is 10.8. The van der Waals surface area contributed by atoms with Crippen molar-refractivity contribution in [3.8, 4) is 0 Å². The molecule has 0 bridgehead atoms. The van der Waals surface area contributed by atoms with Gasteiger partial charge in [0.2, 0.25) is 5.91 Å². The molecule has 0 saturated carbocycles. The zero-order chi connectivity index (χ0) is 10.1. The summed E-state index contributed by atoms with van der Waals surface area (Å²) in [6.07, 6.45) is 3.00. The third-order valence-corrected chi connectivity index (χ3v) is 1.09. The molecule has 0 aliphatic rings. The zero-order valence-corrected chi connectivity index (χ0v) is 7.45. The standard InChI is InChI=1S/C8H13NO4/c1-2-3-7(10)9-4-5-13-6-8(11)12/h2-3H,4-6H2,1H3,(H,9,10)(H,11,12). The highest BCUT2D eigenvalue weighted by Gasteiger charge is 1.96. The van der Waals surface area contributed by atoms with Gasteiger partial charge < -0.3 is 15.2 Å². The van der Waals surface area contributed by atoms with E-state index < -0.39 is 5.97 Å². The first-order valence-corrected chi connectivity index (χ1v) is 3.87. The number of carbonyl (C=O) groups is 2. The summed E-state index contributed by atoms with van der Waals surface area (Å²) in [5, 5.41) is 10.7. The predicted octanol–water partition coefficient (Wildman–Crippen LogP) is -0.220. The highest BCUT2D eigenvalue weighted by atomic mass is 16.5. The molecule has 0 fully saturated rings. The van der Waals surface area contributed by atoms with Gasteiger partial charge in [-0.25, -0.2) is 4.79 Å². The van der Waals surface area contributed by atoms with Gasteiger partial charge >= 0.3 is 5.97 Å². The topological polar surface area (TPSA) is 75.6 Å². The van der Waals surface area contributed by atoms with Crippen LogP contribution in [0.4, 0.5) is 0 Å². The lowest BCUT2D eigenvalue weighted by Gasteiger charge is -2.01. The molecule has 5 nitrogen and oxygen atoms in total. The molecule has 0 unspecified atom stereocenters. The average molecular weight is 187 g/mol. The second kappa shape index (κ2) is 7.30. The summed E-state index contributed by atoms with van der Waals surface area (Å²) in [5.74, 6) is -1.22. The van der Waals surface area contributed by atoms with Gasteiger partial charge in [0.15, 0.2) is 0 Å². The minimum absolute atomic E-state index is 0.204. The van der Waals surface area contributed by atoms with Crippen molar-refractivity contribution in [2.75, 3.05) is 19.8 Å². The summed E-state index contributed by atoms with van der Waals surface area (Å²) in [6, 6.07) is 0. The summed E-state index contributed by atoms with van der Waals surface area (Å²) >= 11 is 0. The number of allylic oxidation sites excluding steroid dienone is 1. The number of carboxylic acid groups (broad SMARTS) is 1. The van der Waals surface area contributed by atoms with Gasteiger partial charge in [0.25, 0.3) is 0 Å². The molecule has 0 saturated heterocycles. The van der Waals surface area contributed by atoms with Crippen molar-refractivity contribution in [3.05, 3.63) is 12.2 Å². The minimum atomic E-state index is -1.01. The first kappa shape index (κ1) is 11.6. The van der Waals surface area contributed by atoms with Crippen molar-refractivity contribution < 1.29 is 19.4 Å². The monoisotopic (exact) mass is 187 g/mol. The minimum Gasteiger partial charge on any atom is -0.480 e. The quantitative estimate of drug-likeness (QED) is 0.445. The van der Waals surface area contributed by atoms with E-state index in [9.17, 15) is 9.59 Å². The lowest BCUT2D eigenvalue weighted by molar-refractivity contribution is -0.142. The molecule has 0 aromatic heterocycles. The number of carboxylic acids is 1. The molecule has 0 heterocycles. The predicted molar refractivity (Wildman–Crippen MR) is 46.3 cm³/mol. The van der Waals surface area contributed by atoms with Crippen LogP contribution in [0.15, 0.2) is 12.2 Å². The van der Waals surface area contributed by atoms with E-state index in [-0.39, 0.29) is 19.1 Å². The molecule has 0 aromatic carbocycles.